The lowest BCUT2D eigenvalue weighted by molar-refractivity contribution is -0.139. The summed E-state index contributed by atoms with van der Waals surface area (Å²) in [4.78, 5) is 28.6. The molecule has 3 rings (SSSR count). The summed E-state index contributed by atoms with van der Waals surface area (Å²) in [5.74, 6) is -0.926. The molecule has 0 aliphatic heterocycles. The van der Waals surface area contributed by atoms with Crippen LogP contribution in [0.3, 0.4) is 0 Å². The van der Waals surface area contributed by atoms with Gasteiger partial charge in [0.25, 0.3) is 10.0 Å². The first-order valence-corrected chi connectivity index (χ1v) is 15.7. The number of nitrogens with one attached hydrogen (secondary N) is 1. The number of carbonyl (C=O) groups is 2. The molecule has 41 heavy (non-hydrogen) atoms. The highest BCUT2D eigenvalue weighted by Gasteiger charge is 2.33. The first-order chi connectivity index (χ1) is 19.4. The van der Waals surface area contributed by atoms with Gasteiger partial charge in [0.1, 0.15) is 12.6 Å². The summed E-state index contributed by atoms with van der Waals surface area (Å²) < 4.78 is 29.2. The molecule has 3 aromatic carbocycles. The smallest absolute Gasteiger partial charge is 0.264 e. The number of amides is 2. The molecule has 1 atom stereocenters. The van der Waals surface area contributed by atoms with Gasteiger partial charge in [-0.1, -0.05) is 72.4 Å². The van der Waals surface area contributed by atoms with E-state index in [0.29, 0.717) is 27.8 Å². The topological polar surface area (TPSA) is 86.8 Å². The highest BCUT2D eigenvalue weighted by atomic mass is 35.5. The number of nitrogens with zero attached hydrogens (tertiary/aromatic N) is 2. The molecular formula is C31H37Cl2N3O4S. The van der Waals surface area contributed by atoms with Gasteiger partial charge in [-0.2, -0.15) is 0 Å². The lowest BCUT2D eigenvalue weighted by Crippen LogP contribution is -2.51. The number of hydrogen-bond donors (Lipinski definition) is 1. The summed E-state index contributed by atoms with van der Waals surface area (Å²) in [7, 11) is -4.16. The van der Waals surface area contributed by atoms with Crippen molar-refractivity contribution < 1.29 is 18.0 Å². The van der Waals surface area contributed by atoms with Crippen molar-refractivity contribution >= 4 is 50.7 Å². The number of carbonyl (C=O) groups excluding carboxylic acids is 2. The molecule has 0 saturated heterocycles. The van der Waals surface area contributed by atoms with Gasteiger partial charge in [0, 0.05) is 28.7 Å². The Morgan fingerprint density at radius 3 is 2.15 bits per heavy atom. The molecule has 0 fully saturated rings. The summed E-state index contributed by atoms with van der Waals surface area (Å²) in [5, 5.41) is 3.55. The van der Waals surface area contributed by atoms with Gasteiger partial charge in [-0.05, 0) is 75.6 Å². The minimum Gasteiger partial charge on any atom is -0.354 e. The Morgan fingerprint density at radius 2 is 1.54 bits per heavy atom. The number of anilines is 1. The molecule has 10 heteroatoms. The Kier molecular flexibility index (Phi) is 11.2. The maximum atomic E-state index is 14.1. The zero-order chi connectivity index (χ0) is 30.3. The van der Waals surface area contributed by atoms with Gasteiger partial charge in [0.05, 0.1) is 10.6 Å². The molecule has 1 unspecified atom stereocenters. The van der Waals surface area contributed by atoms with Crippen LogP contribution in [-0.4, -0.2) is 44.3 Å². The SMILES string of the molecule is CCCCNC(=O)C(C)N(Cc1c(Cl)cccc1Cl)C(=O)CN(c1cccc(C)c1C)S(=O)(=O)c1ccc(C)cc1. The van der Waals surface area contributed by atoms with Crippen LogP contribution >= 0.6 is 23.2 Å². The average Bonchev–Trinajstić information content (AvgIpc) is 2.93. The average molecular weight is 619 g/mol. The molecule has 0 bridgehead atoms. The van der Waals surface area contributed by atoms with Crippen molar-refractivity contribution in [1.82, 2.24) is 10.2 Å². The van der Waals surface area contributed by atoms with Gasteiger partial charge >= 0.3 is 0 Å². The number of unbranched alkanes of at least 4 members (excludes halogenated alkanes) is 1. The first-order valence-electron chi connectivity index (χ1n) is 13.5. The van der Waals surface area contributed by atoms with Crippen molar-refractivity contribution in [2.24, 2.45) is 0 Å². The minimum absolute atomic E-state index is 0.0582. The zero-order valence-electron chi connectivity index (χ0n) is 24.1. The predicted octanol–water partition coefficient (Wildman–Crippen LogP) is 6.45. The minimum atomic E-state index is -4.16. The molecule has 220 valence electrons. The van der Waals surface area contributed by atoms with Crippen LogP contribution in [0.2, 0.25) is 10.0 Å². The van der Waals surface area contributed by atoms with Crippen molar-refractivity contribution in [3.63, 3.8) is 0 Å². The quantitative estimate of drug-likeness (QED) is 0.237. The fourth-order valence-corrected chi connectivity index (χ4v) is 6.32. The van der Waals surface area contributed by atoms with Crippen LogP contribution in [0.15, 0.2) is 65.6 Å². The second-order valence-corrected chi connectivity index (χ2v) is 12.8. The first kappa shape index (κ1) is 32.4. The van der Waals surface area contributed by atoms with Crippen LogP contribution in [0.25, 0.3) is 0 Å². The van der Waals surface area contributed by atoms with E-state index < -0.39 is 28.5 Å². The van der Waals surface area contributed by atoms with Crippen molar-refractivity contribution in [2.45, 2.75) is 64.9 Å². The molecule has 7 nitrogen and oxygen atoms in total. The monoisotopic (exact) mass is 617 g/mol. The van der Waals surface area contributed by atoms with E-state index in [2.05, 4.69) is 5.32 Å². The Labute approximate surface area is 253 Å². The molecule has 0 radical (unpaired) electrons. The summed E-state index contributed by atoms with van der Waals surface area (Å²) in [6.45, 7) is 9.05. The van der Waals surface area contributed by atoms with Gasteiger partial charge in [-0.3, -0.25) is 13.9 Å². The third-order valence-corrected chi connectivity index (χ3v) is 9.60. The zero-order valence-corrected chi connectivity index (χ0v) is 26.4. The van der Waals surface area contributed by atoms with Gasteiger partial charge in [0.2, 0.25) is 11.8 Å². The van der Waals surface area contributed by atoms with Crippen LogP contribution < -0.4 is 9.62 Å². The second kappa shape index (κ2) is 14.2. The lowest BCUT2D eigenvalue weighted by atomic mass is 10.1. The molecule has 1 N–H and O–H groups in total. The van der Waals surface area contributed by atoms with E-state index in [9.17, 15) is 18.0 Å². The fraction of sp³-hybridized carbons (Fsp3) is 0.355. The molecule has 0 saturated carbocycles. The van der Waals surface area contributed by atoms with E-state index in [-0.39, 0.29) is 17.3 Å². The van der Waals surface area contributed by atoms with E-state index in [1.54, 1.807) is 49.4 Å². The standard InChI is InChI=1S/C31H37Cl2N3O4S/c1-6-7-18-34-31(38)24(5)35(19-26-27(32)11-9-12-28(26)33)30(37)20-36(29-13-8-10-22(3)23(29)4)41(39,40)25-16-14-21(2)15-17-25/h8-17,24H,6-7,18-20H2,1-5H3,(H,34,38). The van der Waals surface area contributed by atoms with Crippen LogP contribution in [0.1, 0.15) is 48.9 Å². The van der Waals surface area contributed by atoms with Crippen LogP contribution in [0, 0.1) is 20.8 Å². The molecule has 0 aliphatic carbocycles. The third-order valence-electron chi connectivity index (χ3n) is 7.12. The van der Waals surface area contributed by atoms with Crippen molar-refractivity contribution in [1.29, 1.82) is 0 Å². The van der Waals surface area contributed by atoms with Crippen LogP contribution in [-0.2, 0) is 26.2 Å². The predicted molar refractivity (Wildman–Crippen MR) is 166 cm³/mol. The summed E-state index contributed by atoms with van der Waals surface area (Å²) in [6.07, 6.45) is 1.69. The summed E-state index contributed by atoms with van der Waals surface area (Å²) in [6, 6.07) is 15.9. The number of aryl methyl sites for hydroxylation is 2. The molecule has 3 aromatic rings. The van der Waals surface area contributed by atoms with Crippen molar-refractivity contribution in [3.8, 4) is 0 Å². The Bertz CT molecular complexity index is 1470. The molecular weight excluding hydrogens is 581 g/mol. The van der Waals surface area contributed by atoms with Crippen molar-refractivity contribution in [3.05, 3.63) is 93.0 Å². The van der Waals surface area contributed by atoms with Gasteiger partial charge in [-0.25, -0.2) is 8.42 Å². The van der Waals surface area contributed by atoms with Gasteiger partial charge in [0.15, 0.2) is 0 Å². The molecule has 0 heterocycles. The molecule has 0 spiro atoms. The Morgan fingerprint density at radius 1 is 0.927 bits per heavy atom. The van der Waals surface area contributed by atoms with E-state index in [1.165, 1.54) is 17.0 Å². The van der Waals surface area contributed by atoms with E-state index in [1.807, 2.05) is 33.8 Å². The van der Waals surface area contributed by atoms with Gasteiger partial charge in [-0.15, -0.1) is 0 Å². The number of sulfonamides is 1. The summed E-state index contributed by atoms with van der Waals surface area (Å²) >= 11 is 12.9. The maximum Gasteiger partial charge on any atom is 0.264 e. The van der Waals surface area contributed by atoms with Gasteiger partial charge < -0.3 is 10.2 Å². The highest BCUT2D eigenvalue weighted by Crippen LogP contribution is 2.30. The number of rotatable bonds is 12. The number of hydrogen-bond acceptors (Lipinski definition) is 4. The largest absolute Gasteiger partial charge is 0.354 e. The number of benzene rings is 3. The molecule has 0 aromatic heterocycles. The van der Waals surface area contributed by atoms with E-state index >= 15 is 0 Å². The maximum absolute atomic E-state index is 14.1. The van der Waals surface area contributed by atoms with E-state index in [0.717, 1.165) is 33.8 Å². The summed E-state index contributed by atoms with van der Waals surface area (Å²) in [5.41, 5.74) is 3.36. The van der Waals surface area contributed by atoms with Crippen LogP contribution in [0.4, 0.5) is 5.69 Å². The molecule has 0 aliphatic rings. The highest BCUT2D eigenvalue weighted by molar-refractivity contribution is 7.92. The Balaban J connectivity index is 2.08. The third kappa shape index (κ3) is 7.82. The van der Waals surface area contributed by atoms with Crippen LogP contribution in [0.5, 0.6) is 0 Å². The lowest BCUT2D eigenvalue weighted by Gasteiger charge is -2.33. The fourth-order valence-electron chi connectivity index (χ4n) is 4.33. The molecule has 2 amide bonds. The second-order valence-electron chi connectivity index (χ2n) is 10.1. The number of halogens is 2. The normalized spacial score (nSPS) is 12.1. The van der Waals surface area contributed by atoms with E-state index in [4.69, 9.17) is 23.2 Å². The Hall–Kier alpha value is -3.07. The van der Waals surface area contributed by atoms with Crippen molar-refractivity contribution in [2.75, 3.05) is 17.4 Å².